The molecule has 2 heterocycles. The average molecular weight is 354 g/mol. The van der Waals surface area contributed by atoms with Gasteiger partial charge in [0, 0.05) is 39.3 Å². The summed E-state index contributed by atoms with van der Waals surface area (Å²) in [5.41, 5.74) is 0.956. The van der Waals surface area contributed by atoms with Gasteiger partial charge in [-0.05, 0) is 17.7 Å². The number of hydrogen-bond acceptors (Lipinski definition) is 5. The number of ether oxygens (including phenoxy) is 1. The van der Waals surface area contributed by atoms with Gasteiger partial charge in [0.05, 0.1) is 0 Å². The van der Waals surface area contributed by atoms with Crippen LogP contribution in [0, 0.1) is 0 Å². The van der Waals surface area contributed by atoms with Crippen LogP contribution in [0.5, 0.6) is 0 Å². The number of benzene rings is 1. The molecule has 7 heteroatoms. The first-order chi connectivity index (χ1) is 12.6. The van der Waals surface area contributed by atoms with Crippen LogP contribution in [0.4, 0.5) is 10.6 Å². The lowest BCUT2D eigenvalue weighted by Gasteiger charge is -2.39. The molecule has 136 valence electrons. The number of nitrogens with zero attached hydrogens (tertiary/aromatic N) is 4. The lowest BCUT2D eigenvalue weighted by Crippen LogP contribution is -2.56. The number of amides is 2. The molecule has 0 N–H and O–H groups in total. The van der Waals surface area contributed by atoms with E-state index in [-0.39, 0.29) is 18.6 Å². The Kier molecular flexibility index (Phi) is 5.80. The van der Waals surface area contributed by atoms with Crippen LogP contribution < -0.4 is 5.01 Å². The van der Waals surface area contributed by atoms with Gasteiger partial charge in [0.25, 0.3) is 0 Å². The van der Waals surface area contributed by atoms with Crippen LogP contribution in [0.3, 0.4) is 0 Å². The van der Waals surface area contributed by atoms with Gasteiger partial charge in [0.15, 0.2) is 0 Å². The van der Waals surface area contributed by atoms with E-state index in [0.29, 0.717) is 32.0 Å². The smallest absolute Gasteiger partial charge is 0.410 e. The molecule has 0 aliphatic carbocycles. The Balaban J connectivity index is 1.54. The van der Waals surface area contributed by atoms with Gasteiger partial charge in [-0.3, -0.25) is 4.79 Å². The lowest BCUT2D eigenvalue weighted by atomic mass is 10.2. The number of pyridine rings is 1. The molecule has 1 saturated heterocycles. The van der Waals surface area contributed by atoms with E-state index in [1.807, 2.05) is 47.5 Å². The standard InChI is InChI=1S/C19H22N4O3/c1-16(24)23(18-9-5-6-10-20-18)22-13-11-21(12-14-22)19(25)26-15-17-7-3-2-4-8-17/h2-10H,11-15H2,1H3. The molecule has 1 aliphatic rings. The van der Waals surface area contributed by atoms with Gasteiger partial charge in [-0.1, -0.05) is 36.4 Å². The van der Waals surface area contributed by atoms with Crippen molar-refractivity contribution in [2.75, 3.05) is 31.2 Å². The fourth-order valence-corrected chi connectivity index (χ4v) is 2.87. The van der Waals surface area contributed by atoms with Crippen molar-refractivity contribution in [2.24, 2.45) is 0 Å². The van der Waals surface area contributed by atoms with Crippen LogP contribution in [0.25, 0.3) is 0 Å². The maximum Gasteiger partial charge on any atom is 0.410 e. The predicted molar refractivity (Wildman–Crippen MR) is 97.2 cm³/mol. The van der Waals surface area contributed by atoms with Crippen molar-refractivity contribution in [2.45, 2.75) is 13.5 Å². The highest BCUT2D eigenvalue weighted by Gasteiger charge is 2.28. The van der Waals surface area contributed by atoms with Gasteiger partial charge < -0.3 is 9.64 Å². The van der Waals surface area contributed by atoms with E-state index in [4.69, 9.17) is 4.74 Å². The first kappa shape index (κ1) is 17.9. The molecule has 2 aromatic rings. The zero-order valence-corrected chi connectivity index (χ0v) is 14.7. The molecule has 0 unspecified atom stereocenters. The monoisotopic (exact) mass is 354 g/mol. The van der Waals surface area contributed by atoms with Crippen molar-refractivity contribution < 1.29 is 14.3 Å². The Hall–Kier alpha value is -2.93. The number of piperazine rings is 1. The van der Waals surface area contributed by atoms with Crippen molar-refractivity contribution >= 4 is 17.8 Å². The number of carbonyl (C=O) groups is 2. The highest BCUT2D eigenvalue weighted by molar-refractivity contribution is 5.89. The summed E-state index contributed by atoms with van der Waals surface area (Å²) in [6.07, 6.45) is 1.32. The van der Waals surface area contributed by atoms with E-state index in [1.165, 1.54) is 6.92 Å². The van der Waals surface area contributed by atoms with E-state index in [2.05, 4.69) is 4.98 Å². The van der Waals surface area contributed by atoms with Gasteiger partial charge in [0.2, 0.25) is 5.91 Å². The van der Waals surface area contributed by atoms with E-state index < -0.39 is 0 Å². The third-order valence-electron chi connectivity index (χ3n) is 4.17. The number of hydrogen-bond donors (Lipinski definition) is 0. The first-order valence-corrected chi connectivity index (χ1v) is 8.57. The normalized spacial score (nSPS) is 14.7. The Morgan fingerprint density at radius 3 is 2.35 bits per heavy atom. The van der Waals surface area contributed by atoms with Crippen LogP contribution >= 0.6 is 0 Å². The Morgan fingerprint density at radius 2 is 1.73 bits per heavy atom. The van der Waals surface area contributed by atoms with Gasteiger partial charge in [-0.25, -0.2) is 19.8 Å². The van der Waals surface area contributed by atoms with Gasteiger partial charge in [-0.15, -0.1) is 0 Å². The Labute approximate surface area is 152 Å². The minimum atomic E-state index is -0.333. The molecule has 1 aromatic carbocycles. The van der Waals surface area contributed by atoms with Crippen molar-refractivity contribution in [3.05, 3.63) is 60.3 Å². The minimum absolute atomic E-state index is 0.108. The van der Waals surface area contributed by atoms with Crippen molar-refractivity contribution in [1.29, 1.82) is 0 Å². The topological polar surface area (TPSA) is 66.0 Å². The number of carbonyl (C=O) groups excluding carboxylic acids is 2. The molecule has 1 aromatic heterocycles. The van der Waals surface area contributed by atoms with Crippen LogP contribution in [0.15, 0.2) is 54.7 Å². The highest BCUT2D eigenvalue weighted by Crippen LogP contribution is 2.16. The molecule has 1 fully saturated rings. The fourth-order valence-electron chi connectivity index (χ4n) is 2.87. The fraction of sp³-hybridized carbons (Fsp3) is 0.316. The third kappa shape index (κ3) is 4.37. The molecule has 3 rings (SSSR count). The van der Waals surface area contributed by atoms with E-state index in [1.54, 1.807) is 22.2 Å². The second-order valence-electron chi connectivity index (χ2n) is 6.00. The summed E-state index contributed by atoms with van der Waals surface area (Å²) in [6, 6.07) is 15.0. The molecule has 1 aliphatic heterocycles. The molecule has 0 atom stereocenters. The molecule has 26 heavy (non-hydrogen) atoms. The summed E-state index contributed by atoms with van der Waals surface area (Å²) in [6.45, 7) is 3.82. The molecule has 7 nitrogen and oxygen atoms in total. The lowest BCUT2D eigenvalue weighted by molar-refractivity contribution is -0.120. The SMILES string of the molecule is CC(=O)N(c1ccccn1)N1CCN(C(=O)OCc2ccccc2)CC1. The minimum Gasteiger partial charge on any atom is -0.445 e. The molecule has 0 spiro atoms. The van der Waals surface area contributed by atoms with Gasteiger partial charge in [0.1, 0.15) is 12.4 Å². The first-order valence-electron chi connectivity index (χ1n) is 8.57. The van der Waals surface area contributed by atoms with Gasteiger partial charge in [-0.2, -0.15) is 0 Å². The summed E-state index contributed by atoms with van der Waals surface area (Å²) in [5, 5.41) is 3.47. The average Bonchev–Trinajstić information content (AvgIpc) is 2.68. The molecule has 2 amide bonds. The van der Waals surface area contributed by atoms with Crippen molar-refractivity contribution in [1.82, 2.24) is 14.9 Å². The van der Waals surface area contributed by atoms with Crippen LogP contribution in [-0.4, -0.2) is 53.1 Å². The van der Waals surface area contributed by atoms with E-state index in [9.17, 15) is 9.59 Å². The molecular weight excluding hydrogens is 332 g/mol. The van der Waals surface area contributed by atoms with Crippen LogP contribution in [0.1, 0.15) is 12.5 Å². The second-order valence-corrected chi connectivity index (χ2v) is 6.00. The Bertz CT molecular complexity index is 731. The van der Waals surface area contributed by atoms with E-state index >= 15 is 0 Å². The quantitative estimate of drug-likeness (QED) is 0.843. The second kappa shape index (κ2) is 8.44. The molecule has 0 radical (unpaired) electrons. The number of aromatic nitrogens is 1. The van der Waals surface area contributed by atoms with Crippen molar-refractivity contribution in [3.8, 4) is 0 Å². The Morgan fingerprint density at radius 1 is 1.04 bits per heavy atom. The maximum atomic E-state index is 12.2. The van der Waals surface area contributed by atoms with Crippen molar-refractivity contribution in [3.63, 3.8) is 0 Å². The predicted octanol–water partition coefficient (Wildman–Crippen LogP) is 2.30. The van der Waals surface area contributed by atoms with Crippen LogP contribution in [0.2, 0.25) is 0 Å². The number of hydrazine groups is 1. The summed E-state index contributed by atoms with van der Waals surface area (Å²) >= 11 is 0. The number of anilines is 1. The zero-order chi connectivity index (χ0) is 18.4. The third-order valence-corrected chi connectivity index (χ3v) is 4.17. The highest BCUT2D eigenvalue weighted by atomic mass is 16.6. The molecular formula is C19H22N4O3. The van der Waals surface area contributed by atoms with Crippen LogP contribution in [-0.2, 0) is 16.1 Å². The summed E-state index contributed by atoms with van der Waals surface area (Å²) in [4.78, 5) is 30.2. The summed E-state index contributed by atoms with van der Waals surface area (Å²) in [7, 11) is 0. The molecule has 0 saturated carbocycles. The number of rotatable bonds is 4. The van der Waals surface area contributed by atoms with E-state index in [0.717, 1.165) is 5.56 Å². The largest absolute Gasteiger partial charge is 0.445 e. The molecule has 0 bridgehead atoms. The summed E-state index contributed by atoms with van der Waals surface area (Å²) in [5.74, 6) is 0.476. The maximum absolute atomic E-state index is 12.2. The zero-order valence-electron chi connectivity index (χ0n) is 14.7. The van der Waals surface area contributed by atoms with Gasteiger partial charge >= 0.3 is 6.09 Å². The summed E-state index contributed by atoms with van der Waals surface area (Å²) < 4.78 is 5.37.